The van der Waals surface area contributed by atoms with E-state index < -0.39 is 5.82 Å². The van der Waals surface area contributed by atoms with Gasteiger partial charge in [-0.1, -0.05) is 6.07 Å². The number of likely N-dealkylation sites (tertiary alicyclic amines) is 2. The monoisotopic (exact) mass is 398 g/mol. The second-order valence-electron chi connectivity index (χ2n) is 7.93. The summed E-state index contributed by atoms with van der Waals surface area (Å²) in [5, 5.41) is 0. The van der Waals surface area contributed by atoms with Crippen LogP contribution in [0.25, 0.3) is 11.1 Å². The topological polar surface area (TPSA) is 58.6 Å². The molecular formula is C22H27FN4O2. The Kier molecular flexibility index (Phi) is 5.76. The predicted molar refractivity (Wildman–Crippen MR) is 108 cm³/mol. The molecule has 0 N–H and O–H groups in total. The van der Waals surface area contributed by atoms with Crippen LogP contribution >= 0.6 is 0 Å². The van der Waals surface area contributed by atoms with Crippen LogP contribution in [0.4, 0.5) is 4.39 Å². The molecule has 0 bridgehead atoms. The van der Waals surface area contributed by atoms with Gasteiger partial charge in [-0.3, -0.25) is 9.69 Å². The summed E-state index contributed by atoms with van der Waals surface area (Å²) in [5.74, 6) is -0.724. The maximum atomic E-state index is 14.9. The molecule has 0 spiro atoms. The Morgan fingerprint density at radius 1 is 1.17 bits per heavy atom. The Morgan fingerprint density at radius 2 is 1.93 bits per heavy atom. The zero-order valence-electron chi connectivity index (χ0n) is 17.0. The molecule has 3 heterocycles. The predicted octanol–water partition coefficient (Wildman–Crippen LogP) is 3.38. The molecule has 0 aliphatic carbocycles. The molecule has 2 aliphatic rings. The Hall–Kier alpha value is -2.54. The quantitative estimate of drug-likeness (QED) is 0.773. The fourth-order valence-electron chi connectivity index (χ4n) is 4.42. The number of halogens is 1. The summed E-state index contributed by atoms with van der Waals surface area (Å²) in [5.41, 5.74) is 1.43. The van der Waals surface area contributed by atoms with Crippen molar-refractivity contribution in [2.45, 2.75) is 44.7 Å². The van der Waals surface area contributed by atoms with Crippen molar-refractivity contribution < 1.29 is 13.9 Å². The largest absolute Gasteiger partial charge is 0.467 e. The molecule has 2 atom stereocenters. The van der Waals surface area contributed by atoms with Crippen molar-refractivity contribution in [3.05, 3.63) is 42.0 Å². The van der Waals surface area contributed by atoms with E-state index in [4.69, 9.17) is 4.74 Å². The van der Waals surface area contributed by atoms with Gasteiger partial charge in [-0.05, 0) is 56.8 Å². The SMILES string of the molecule is COc1ncc(-c2ccc(C(=O)N3CCCC3CN3CCCC3C)c(F)c2)cn1. The van der Waals surface area contributed by atoms with Crippen LogP contribution in [0.15, 0.2) is 30.6 Å². The van der Waals surface area contributed by atoms with Crippen molar-refractivity contribution in [3.8, 4) is 17.1 Å². The van der Waals surface area contributed by atoms with Crippen molar-refractivity contribution in [2.24, 2.45) is 0 Å². The van der Waals surface area contributed by atoms with Gasteiger partial charge in [0.15, 0.2) is 0 Å². The van der Waals surface area contributed by atoms with E-state index in [1.165, 1.54) is 26.0 Å². The first-order valence-electron chi connectivity index (χ1n) is 10.3. The Balaban J connectivity index is 1.50. The molecule has 2 saturated heterocycles. The van der Waals surface area contributed by atoms with Crippen molar-refractivity contribution >= 4 is 5.91 Å². The van der Waals surface area contributed by atoms with Gasteiger partial charge in [0.05, 0.1) is 12.7 Å². The van der Waals surface area contributed by atoms with Crippen molar-refractivity contribution in [3.63, 3.8) is 0 Å². The first kappa shape index (κ1) is 19.8. The maximum Gasteiger partial charge on any atom is 0.316 e. The minimum absolute atomic E-state index is 0.129. The Bertz CT molecular complexity index is 874. The highest BCUT2D eigenvalue weighted by atomic mass is 19.1. The van der Waals surface area contributed by atoms with Crippen LogP contribution in [-0.2, 0) is 0 Å². The Labute approximate surface area is 170 Å². The summed E-state index contributed by atoms with van der Waals surface area (Å²) in [4.78, 5) is 25.5. The van der Waals surface area contributed by atoms with E-state index in [1.54, 1.807) is 24.5 Å². The van der Waals surface area contributed by atoms with E-state index in [9.17, 15) is 9.18 Å². The minimum atomic E-state index is -0.511. The first-order valence-corrected chi connectivity index (χ1v) is 10.3. The lowest BCUT2D eigenvalue weighted by Crippen LogP contribution is -2.44. The molecule has 2 aromatic rings. The lowest BCUT2D eigenvalue weighted by Gasteiger charge is -2.31. The van der Waals surface area contributed by atoms with Crippen molar-refractivity contribution in [2.75, 3.05) is 26.7 Å². The van der Waals surface area contributed by atoms with Crippen LogP contribution in [0, 0.1) is 5.82 Å². The molecule has 154 valence electrons. The van der Waals surface area contributed by atoms with Crippen LogP contribution in [0.1, 0.15) is 43.0 Å². The molecule has 2 fully saturated rings. The zero-order valence-corrected chi connectivity index (χ0v) is 17.0. The van der Waals surface area contributed by atoms with Crippen molar-refractivity contribution in [1.29, 1.82) is 0 Å². The molecule has 2 aliphatic heterocycles. The molecule has 6 nitrogen and oxygen atoms in total. The second kappa shape index (κ2) is 8.45. The van der Waals surface area contributed by atoms with Gasteiger partial charge in [-0.2, -0.15) is 0 Å². The van der Waals surface area contributed by atoms with Crippen molar-refractivity contribution in [1.82, 2.24) is 19.8 Å². The standard InChI is InChI=1S/C22H27FN4O2/c1-15-5-3-9-26(15)14-18-6-4-10-27(18)21(28)19-8-7-16(11-20(19)23)17-12-24-22(29-2)25-13-17/h7-8,11-13,15,18H,3-6,9-10,14H2,1-2H3. The third-order valence-electron chi connectivity index (χ3n) is 6.12. The molecule has 1 amide bonds. The minimum Gasteiger partial charge on any atom is -0.467 e. The van der Waals surface area contributed by atoms with Crippen LogP contribution in [0.2, 0.25) is 0 Å². The van der Waals surface area contributed by atoms with Gasteiger partial charge < -0.3 is 9.64 Å². The third-order valence-corrected chi connectivity index (χ3v) is 6.12. The molecule has 29 heavy (non-hydrogen) atoms. The van der Waals surface area contributed by atoms with E-state index in [0.717, 1.165) is 25.9 Å². The van der Waals surface area contributed by atoms with Gasteiger partial charge in [-0.15, -0.1) is 0 Å². The highest BCUT2D eigenvalue weighted by Crippen LogP contribution is 2.27. The average Bonchev–Trinajstić information content (AvgIpc) is 3.37. The van der Waals surface area contributed by atoms with E-state index in [0.29, 0.717) is 23.7 Å². The number of benzene rings is 1. The summed E-state index contributed by atoms with van der Waals surface area (Å²) in [7, 11) is 1.49. The lowest BCUT2D eigenvalue weighted by atomic mass is 10.0. The Morgan fingerprint density at radius 3 is 2.59 bits per heavy atom. The molecule has 2 unspecified atom stereocenters. The summed E-state index contributed by atoms with van der Waals surface area (Å²) in [6.07, 6.45) is 7.55. The number of rotatable bonds is 5. The number of hydrogen-bond acceptors (Lipinski definition) is 5. The average molecular weight is 398 g/mol. The normalized spacial score (nSPS) is 22.2. The summed E-state index contributed by atoms with van der Waals surface area (Å²) >= 11 is 0. The number of carbonyl (C=O) groups excluding carboxylic acids is 1. The van der Waals surface area contributed by atoms with Gasteiger partial charge in [-0.25, -0.2) is 14.4 Å². The molecular weight excluding hydrogens is 371 g/mol. The zero-order chi connectivity index (χ0) is 20.4. The van der Waals surface area contributed by atoms with E-state index >= 15 is 0 Å². The first-order chi connectivity index (χ1) is 14.1. The van der Waals surface area contributed by atoms with E-state index in [1.807, 2.05) is 4.90 Å². The number of carbonyl (C=O) groups is 1. The highest BCUT2D eigenvalue weighted by Gasteiger charge is 2.33. The van der Waals surface area contributed by atoms with Gasteiger partial charge in [0.1, 0.15) is 5.82 Å². The highest BCUT2D eigenvalue weighted by molar-refractivity contribution is 5.95. The molecule has 1 aromatic heterocycles. The smallest absolute Gasteiger partial charge is 0.316 e. The van der Waals surface area contributed by atoms with Crippen LogP contribution in [0.5, 0.6) is 6.01 Å². The number of ether oxygens (including phenoxy) is 1. The van der Waals surface area contributed by atoms with Gasteiger partial charge in [0, 0.05) is 43.1 Å². The molecule has 1 aromatic carbocycles. The second-order valence-corrected chi connectivity index (χ2v) is 7.93. The number of hydrogen-bond donors (Lipinski definition) is 0. The summed E-state index contributed by atoms with van der Waals surface area (Å²) < 4.78 is 19.8. The summed E-state index contributed by atoms with van der Waals surface area (Å²) in [6, 6.07) is 5.69. The van der Waals surface area contributed by atoms with Gasteiger partial charge in [0.2, 0.25) is 0 Å². The lowest BCUT2D eigenvalue weighted by molar-refractivity contribution is 0.0692. The maximum absolute atomic E-state index is 14.9. The fraction of sp³-hybridized carbons (Fsp3) is 0.500. The molecule has 4 rings (SSSR count). The van der Waals surface area contributed by atoms with Gasteiger partial charge >= 0.3 is 6.01 Å². The van der Waals surface area contributed by atoms with E-state index in [2.05, 4.69) is 21.8 Å². The molecule has 0 radical (unpaired) electrons. The molecule has 0 saturated carbocycles. The fourth-order valence-corrected chi connectivity index (χ4v) is 4.42. The van der Waals surface area contributed by atoms with Crippen LogP contribution in [-0.4, -0.2) is 64.5 Å². The summed E-state index contributed by atoms with van der Waals surface area (Å²) in [6.45, 7) is 4.91. The van der Waals surface area contributed by atoms with Crippen LogP contribution < -0.4 is 4.74 Å². The van der Waals surface area contributed by atoms with Gasteiger partial charge in [0.25, 0.3) is 5.91 Å². The third kappa shape index (κ3) is 4.10. The number of aromatic nitrogens is 2. The number of nitrogens with zero attached hydrogens (tertiary/aromatic N) is 4. The number of amides is 1. The van der Waals surface area contributed by atoms with E-state index in [-0.39, 0.29) is 23.5 Å². The van der Waals surface area contributed by atoms with Crippen LogP contribution in [0.3, 0.4) is 0 Å². The number of methoxy groups -OCH3 is 1. The molecule has 7 heteroatoms.